The quantitative estimate of drug-likeness (QED) is 0.727. The van der Waals surface area contributed by atoms with Gasteiger partial charge in [0.25, 0.3) is 0 Å². The molecule has 1 aromatic heterocycles. The number of carbonyl (C=O) groups is 1. The van der Waals surface area contributed by atoms with Crippen LogP contribution in [0.25, 0.3) is 0 Å². The first-order valence-electron chi connectivity index (χ1n) is 6.10. The van der Waals surface area contributed by atoms with Crippen LogP contribution in [-0.4, -0.2) is 57.2 Å². The third-order valence-electron chi connectivity index (χ3n) is 3.23. The number of tetrazole rings is 1. The van der Waals surface area contributed by atoms with Crippen molar-refractivity contribution in [3.63, 3.8) is 0 Å². The van der Waals surface area contributed by atoms with Gasteiger partial charge in [-0.3, -0.25) is 4.79 Å². The van der Waals surface area contributed by atoms with Crippen LogP contribution < -0.4 is 5.32 Å². The maximum Gasteiger partial charge on any atom is 0.230 e. The lowest BCUT2D eigenvalue weighted by molar-refractivity contribution is -0.131. The van der Waals surface area contributed by atoms with Crippen molar-refractivity contribution < 1.29 is 4.79 Å². The Bertz CT molecular complexity index is 407. The van der Waals surface area contributed by atoms with E-state index in [1.807, 2.05) is 4.90 Å². The van der Waals surface area contributed by atoms with Crippen LogP contribution in [0.4, 0.5) is 0 Å². The van der Waals surface area contributed by atoms with E-state index in [1.165, 1.54) is 0 Å². The van der Waals surface area contributed by atoms with Crippen molar-refractivity contribution >= 4 is 5.91 Å². The summed E-state index contributed by atoms with van der Waals surface area (Å²) >= 11 is 0. The predicted molar refractivity (Wildman–Crippen MR) is 59.2 cm³/mol. The molecule has 0 unspecified atom stereocenters. The molecule has 0 spiro atoms. The highest BCUT2D eigenvalue weighted by Gasteiger charge is 2.29. The Morgan fingerprint density at radius 3 is 2.82 bits per heavy atom. The molecule has 0 atom stereocenters. The summed E-state index contributed by atoms with van der Waals surface area (Å²) in [6.45, 7) is 3.31. The highest BCUT2D eigenvalue weighted by atomic mass is 16.2. The van der Waals surface area contributed by atoms with Gasteiger partial charge in [-0.1, -0.05) is 0 Å². The third-order valence-corrected chi connectivity index (χ3v) is 3.23. The minimum absolute atomic E-state index is 0.128. The van der Waals surface area contributed by atoms with Gasteiger partial charge in [0, 0.05) is 26.2 Å². The molecule has 1 saturated heterocycles. The molecular formula is C10H16N6O. The molecule has 17 heavy (non-hydrogen) atoms. The number of nitrogens with zero attached hydrogens (tertiary/aromatic N) is 5. The number of rotatable bonds is 3. The second kappa shape index (κ2) is 4.40. The normalized spacial score (nSPS) is 20.6. The number of hydrogen-bond donors (Lipinski definition) is 1. The number of hydrogen-bond acceptors (Lipinski definition) is 5. The van der Waals surface area contributed by atoms with E-state index in [0.29, 0.717) is 18.3 Å². The standard InChI is InChI=1S/C10H16N6O/c17-10(15-5-3-11-4-6-15)7-9-12-13-14-16(9)8-1-2-8/h8,11H,1-7H2. The van der Waals surface area contributed by atoms with Crippen molar-refractivity contribution in [1.82, 2.24) is 30.4 Å². The molecule has 2 heterocycles. The average molecular weight is 236 g/mol. The zero-order valence-electron chi connectivity index (χ0n) is 9.67. The maximum atomic E-state index is 12.0. The zero-order chi connectivity index (χ0) is 11.7. The molecule has 0 bridgehead atoms. The van der Waals surface area contributed by atoms with Crippen molar-refractivity contribution in [2.24, 2.45) is 0 Å². The van der Waals surface area contributed by atoms with Crippen LogP contribution in [0, 0.1) is 0 Å². The average Bonchev–Trinajstić information content (AvgIpc) is 3.11. The summed E-state index contributed by atoms with van der Waals surface area (Å²) in [6.07, 6.45) is 2.57. The lowest BCUT2D eigenvalue weighted by Crippen LogP contribution is -2.47. The van der Waals surface area contributed by atoms with Crippen LogP contribution in [0.5, 0.6) is 0 Å². The molecule has 1 aromatic rings. The summed E-state index contributed by atoms with van der Waals surface area (Å²) in [5.41, 5.74) is 0. The van der Waals surface area contributed by atoms with Gasteiger partial charge < -0.3 is 10.2 Å². The lowest BCUT2D eigenvalue weighted by atomic mass is 10.3. The first kappa shape index (κ1) is 10.6. The van der Waals surface area contributed by atoms with Crippen LogP contribution in [0.2, 0.25) is 0 Å². The smallest absolute Gasteiger partial charge is 0.230 e. The minimum Gasteiger partial charge on any atom is -0.340 e. The molecule has 7 nitrogen and oxygen atoms in total. The van der Waals surface area contributed by atoms with Crippen molar-refractivity contribution in [1.29, 1.82) is 0 Å². The van der Waals surface area contributed by atoms with Crippen molar-refractivity contribution in [3.05, 3.63) is 5.82 Å². The highest BCUT2D eigenvalue weighted by molar-refractivity contribution is 5.78. The summed E-state index contributed by atoms with van der Waals surface area (Å²) in [4.78, 5) is 13.9. The summed E-state index contributed by atoms with van der Waals surface area (Å²) in [5, 5.41) is 14.8. The zero-order valence-corrected chi connectivity index (χ0v) is 9.67. The highest BCUT2D eigenvalue weighted by Crippen LogP contribution is 2.34. The van der Waals surface area contributed by atoms with Crippen LogP contribution in [0.15, 0.2) is 0 Å². The molecule has 1 aliphatic heterocycles. The van der Waals surface area contributed by atoms with E-state index in [1.54, 1.807) is 4.68 Å². The van der Waals surface area contributed by atoms with Gasteiger partial charge in [-0.05, 0) is 23.3 Å². The lowest BCUT2D eigenvalue weighted by Gasteiger charge is -2.27. The fraction of sp³-hybridized carbons (Fsp3) is 0.800. The maximum absolute atomic E-state index is 12.0. The molecule has 1 amide bonds. The van der Waals surface area contributed by atoms with Crippen LogP contribution >= 0.6 is 0 Å². The van der Waals surface area contributed by atoms with E-state index in [0.717, 1.165) is 39.0 Å². The second-order valence-corrected chi connectivity index (χ2v) is 4.58. The van der Waals surface area contributed by atoms with Gasteiger partial charge in [0.1, 0.15) is 0 Å². The number of nitrogens with one attached hydrogen (secondary N) is 1. The molecular weight excluding hydrogens is 220 g/mol. The van der Waals surface area contributed by atoms with E-state index in [4.69, 9.17) is 0 Å². The summed E-state index contributed by atoms with van der Waals surface area (Å²) < 4.78 is 1.81. The molecule has 1 N–H and O–H groups in total. The van der Waals surface area contributed by atoms with Crippen molar-refractivity contribution in [3.8, 4) is 0 Å². The first-order valence-corrected chi connectivity index (χ1v) is 6.10. The molecule has 3 rings (SSSR count). The number of amides is 1. The van der Waals surface area contributed by atoms with Crippen LogP contribution in [0.1, 0.15) is 24.7 Å². The summed E-state index contributed by atoms with van der Waals surface area (Å²) in [7, 11) is 0. The monoisotopic (exact) mass is 236 g/mol. The molecule has 2 aliphatic rings. The van der Waals surface area contributed by atoms with Crippen molar-refractivity contribution in [2.45, 2.75) is 25.3 Å². The van der Waals surface area contributed by atoms with Crippen LogP contribution in [0.3, 0.4) is 0 Å². The van der Waals surface area contributed by atoms with E-state index < -0.39 is 0 Å². The number of aromatic nitrogens is 4. The van der Waals surface area contributed by atoms with E-state index in [9.17, 15) is 4.79 Å². The number of piperazine rings is 1. The van der Waals surface area contributed by atoms with Gasteiger partial charge >= 0.3 is 0 Å². The summed E-state index contributed by atoms with van der Waals surface area (Å²) in [6, 6.07) is 0.427. The molecule has 1 saturated carbocycles. The van der Waals surface area contributed by atoms with E-state index in [2.05, 4.69) is 20.8 Å². The predicted octanol–water partition coefficient (Wildman–Crippen LogP) is -1.02. The topological polar surface area (TPSA) is 75.9 Å². The first-order chi connectivity index (χ1) is 8.34. The Kier molecular flexibility index (Phi) is 2.76. The largest absolute Gasteiger partial charge is 0.340 e. The van der Waals surface area contributed by atoms with Gasteiger partial charge in [-0.2, -0.15) is 0 Å². The molecule has 0 radical (unpaired) electrons. The van der Waals surface area contributed by atoms with E-state index >= 15 is 0 Å². The molecule has 2 fully saturated rings. The van der Waals surface area contributed by atoms with Gasteiger partial charge in [0.2, 0.25) is 5.91 Å². The molecule has 92 valence electrons. The Morgan fingerprint density at radius 1 is 1.35 bits per heavy atom. The van der Waals surface area contributed by atoms with Crippen molar-refractivity contribution in [2.75, 3.05) is 26.2 Å². The third kappa shape index (κ3) is 2.28. The number of carbonyl (C=O) groups excluding carboxylic acids is 1. The van der Waals surface area contributed by atoms with Crippen LogP contribution in [-0.2, 0) is 11.2 Å². The molecule has 1 aliphatic carbocycles. The molecule has 7 heteroatoms. The van der Waals surface area contributed by atoms with Gasteiger partial charge in [0.05, 0.1) is 12.5 Å². The Labute approximate surface area is 99.2 Å². The fourth-order valence-electron chi connectivity index (χ4n) is 2.09. The molecule has 0 aromatic carbocycles. The summed E-state index contributed by atoms with van der Waals surface area (Å²) in [5.74, 6) is 0.833. The van der Waals surface area contributed by atoms with Gasteiger partial charge in [-0.15, -0.1) is 5.10 Å². The Hall–Kier alpha value is -1.50. The van der Waals surface area contributed by atoms with Gasteiger partial charge in [0.15, 0.2) is 5.82 Å². The minimum atomic E-state index is 0.128. The SMILES string of the molecule is O=C(Cc1nnnn1C1CC1)N1CCNCC1. The Morgan fingerprint density at radius 2 is 2.12 bits per heavy atom. The Balaban J connectivity index is 1.64. The van der Waals surface area contributed by atoms with Gasteiger partial charge in [-0.25, -0.2) is 4.68 Å². The van der Waals surface area contributed by atoms with E-state index in [-0.39, 0.29) is 5.91 Å². The fourth-order valence-corrected chi connectivity index (χ4v) is 2.09. The second-order valence-electron chi connectivity index (χ2n) is 4.58.